The Balaban J connectivity index is 1.77. The Morgan fingerprint density at radius 2 is 2.00 bits per heavy atom. The standard InChI is InChI=1S/C17H28N2/c1-4-14(2)15(3)18-17-10-11-19(13-17)12-16-8-6-5-7-9-16/h5-9,14-15,17-18H,4,10-13H2,1-3H3. The molecule has 19 heavy (non-hydrogen) atoms. The maximum absolute atomic E-state index is 3.80. The van der Waals surface area contributed by atoms with E-state index in [1.165, 1.54) is 31.5 Å². The molecule has 0 saturated carbocycles. The van der Waals surface area contributed by atoms with Crippen LogP contribution in [0, 0.1) is 5.92 Å². The Bertz CT molecular complexity index is 363. The minimum Gasteiger partial charge on any atom is -0.310 e. The van der Waals surface area contributed by atoms with Gasteiger partial charge in [0, 0.05) is 31.7 Å². The normalized spacial score (nSPS) is 23.4. The summed E-state index contributed by atoms with van der Waals surface area (Å²) in [5.74, 6) is 0.767. The summed E-state index contributed by atoms with van der Waals surface area (Å²) in [5.41, 5.74) is 1.43. The van der Waals surface area contributed by atoms with Crippen LogP contribution in [-0.2, 0) is 6.54 Å². The fourth-order valence-corrected chi connectivity index (χ4v) is 2.84. The van der Waals surface area contributed by atoms with Gasteiger partial charge in [0.05, 0.1) is 0 Å². The highest BCUT2D eigenvalue weighted by atomic mass is 15.2. The van der Waals surface area contributed by atoms with Crippen molar-refractivity contribution in [1.82, 2.24) is 10.2 Å². The molecule has 1 heterocycles. The van der Waals surface area contributed by atoms with Crippen LogP contribution in [0.4, 0.5) is 0 Å². The van der Waals surface area contributed by atoms with Gasteiger partial charge in [-0.2, -0.15) is 0 Å². The fraction of sp³-hybridized carbons (Fsp3) is 0.647. The van der Waals surface area contributed by atoms with E-state index in [1.54, 1.807) is 0 Å². The molecule has 1 saturated heterocycles. The van der Waals surface area contributed by atoms with Gasteiger partial charge in [-0.05, 0) is 24.8 Å². The second-order valence-corrected chi connectivity index (χ2v) is 6.05. The van der Waals surface area contributed by atoms with Crippen molar-refractivity contribution in [3.8, 4) is 0 Å². The Morgan fingerprint density at radius 1 is 1.26 bits per heavy atom. The number of rotatable bonds is 6. The lowest BCUT2D eigenvalue weighted by molar-refractivity contribution is 0.302. The Labute approximate surface area is 118 Å². The summed E-state index contributed by atoms with van der Waals surface area (Å²) in [6.45, 7) is 10.5. The molecule has 1 N–H and O–H groups in total. The molecule has 1 aromatic carbocycles. The number of hydrogen-bond acceptors (Lipinski definition) is 2. The third kappa shape index (κ3) is 4.32. The van der Waals surface area contributed by atoms with Crippen LogP contribution in [0.2, 0.25) is 0 Å². The van der Waals surface area contributed by atoms with Crippen molar-refractivity contribution in [3.05, 3.63) is 35.9 Å². The quantitative estimate of drug-likeness (QED) is 0.844. The van der Waals surface area contributed by atoms with Crippen molar-refractivity contribution in [2.24, 2.45) is 5.92 Å². The molecule has 1 fully saturated rings. The van der Waals surface area contributed by atoms with Crippen molar-refractivity contribution in [2.75, 3.05) is 13.1 Å². The van der Waals surface area contributed by atoms with Crippen molar-refractivity contribution in [2.45, 2.75) is 52.2 Å². The number of nitrogens with one attached hydrogen (secondary N) is 1. The highest BCUT2D eigenvalue weighted by molar-refractivity contribution is 5.14. The Hall–Kier alpha value is -0.860. The second kappa shape index (κ2) is 7.06. The summed E-state index contributed by atoms with van der Waals surface area (Å²) in [7, 11) is 0. The van der Waals surface area contributed by atoms with Gasteiger partial charge < -0.3 is 5.32 Å². The zero-order valence-electron chi connectivity index (χ0n) is 12.6. The largest absolute Gasteiger partial charge is 0.310 e. The zero-order valence-corrected chi connectivity index (χ0v) is 12.6. The predicted molar refractivity (Wildman–Crippen MR) is 82.2 cm³/mol. The monoisotopic (exact) mass is 260 g/mol. The van der Waals surface area contributed by atoms with E-state index in [1.807, 2.05) is 0 Å². The second-order valence-electron chi connectivity index (χ2n) is 6.05. The minimum atomic E-state index is 0.631. The molecule has 2 nitrogen and oxygen atoms in total. The molecule has 3 unspecified atom stereocenters. The van der Waals surface area contributed by atoms with Crippen LogP contribution in [0.5, 0.6) is 0 Å². The van der Waals surface area contributed by atoms with E-state index in [4.69, 9.17) is 0 Å². The van der Waals surface area contributed by atoms with Crippen LogP contribution in [-0.4, -0.2) is 30.1 Å². The molecule has 106 valence electrons. The number of hydrogen-bond donors (Lipinski definition) is 1. The Morgan fingerprint density at radius 3 is 2.68 bits per heavy atom. The van der Waals surface area contributed by atoms with Crippen LogP contribution in [0.3, 0.4) is 0 Å². The van der Waals surface area contributed by atoms with Crippen molar-refractivity contribution in [3.63, 3.8) is 0 Å². The van der Waals surface area contributed by atoms with Gasteiger partial charge in [0.2, 0.25) is 0 Å². The highest BCUT2D eigenvalue weighted by Crippen LogP contribution is 2.16. The first kappa shape index (κ1) is 14.5. The Kier molecular flexibility index (Phi) is 5.41. The van der Waals surface area contributed by atoms with E-state index < -0.39 is 0 Å². The lowest BCUT2D eigenvalue weighted by Crippen LogP contribution is -2.41. The van der Waals surface area contributed by atoms with Crippen molar-refractivity contribution in [1.29, 1.82) is 0 Å². The first-order valence-corrected chi connectivity index (χ1v) is 7.71. The van der Waals surface area contributed by atoms with E-state index in [0.29, 0.717) is 12.1 Å². The number of likely N-dealkylation sites (tertiary alicyclic amines) is 1. The topological polar surface area (TPSA) is 15.3 Å². The van der Waals surface area contributed by atoms with Crippen molar-refractivity contribution >= 4 is 0 Å². The molecule has 2 rings (SSSR count). The van der Waals surface area contributed by atoms with Crippen LogP contribution >= 0.6 is 0 Å². The van der Waals surface area contributed by atoms with Gasteiger partial charge in [-0.15, -0.1) is 0 Å². The summed E-state index contributed by atoms with van der Waals surface area (Å²) in [6.07, 6.45) is 2.54. The highest BCUT2D eigenvalue weighted by Gasteiger charge is 2.24. The summed E-state index contributed by atoms with van der Waals surface area (Å²) < 4.78 is 0. The van der Waals surface area contributed by atoms with E-state index in [0.717, 1.165) is 12.5 Å². The van der Waals surface area contributed by atoms with Gasteiger partial charge in [-0.1, -0.05) is 50.6 Å². The number of benzene rings is 1. The fourth-order valence-electron chi connectivity index (χ4n) is 2.84. The van der Waals surface area contributed by atoms with E-state index in [2.05, 4.69) is 61.3 Å². The first-order valence-electron chi connectivity index (χ1n) is 7.71. The molecule has 1 aromatic rings. The molecule has 0 bridgehead atoms. The van der Waals surface area contributed by atoms with E-state index in [9.17, 15) is 0 Å². The van der Waals surface area contributed by atoms with E-state index >= 15 is 0 Å². The molecule has 0 amide bonds. The molecule has 1 aliphatic rings. The average molecular weight is 260 g/mol. The van der Waals surface area contributed by atoms with Gasteiger partial charge >= 0.3 is 0 Å². The van der Waals surface area contributed by atoms with Gasteiger partial charge in [-0.3, -0.25) is 4.90 Å². The first-order chi connectivity index (χ1) is 9.19. The van der Waals surface area contributed by atoms with Crippen LogP contribution < -0.4 is 5.32 Å². The molecule has 0 aliphatic carbocycles. The maximum atomic E-state index is 3.80. The zero-order chi connectivity index (χ0) is 13.7. The van der Waals surface area contributed by atoms with Gasteiger partial charge in [0.1, 0.15) is 0 Å². The van der Waals surface area contributed by atoms with Gasteiger partial charge in [0.15, 0.2) is 0 Å². The molecule has 2 heteroatoms. The molecular formula is C17H28N2. The molecule has 0 aromatic heterocycles. The van der Waals surface area contributed by atoms with Crippen LogP contribution in [0.1, 0.15) is 39.2 Å². The minimum absolute atomic E-state index is 0.631. The van der Waals surface area contributed by atoms with Crippen LogP contribution in [0.15, 0.2) is 30.3 Å². The maximum Gasteiger partial charge on any atom is 0.0234 e. The average Bonchev–Trinajstić information content (AvgIpc) is 2.86. The van der Waals surface area contributed by atoms with Crippen molar-refractivity contribution < 1.29 is 0 Å². The molecular weight excluding hydrogens is 232 g/mol. The summed E-state index contributed by atoms with van der Waals surface area (Å²) in [5, 5.41) is 3.80. The molecule has 1 aliphatic heterocycles. The summed E-state index contributed by atoms with van der Waals surface area (Å²) >= 11 is 0. The third-order valence-corrected chi connectivity index (χ3v) is 4.52. The molecule has 0 radical (unpaired) electrons. The lowest BCUT2D eigenvalue weighted by Gasteiger charge is -2.24. The van der Waals surface area contributed by atoms with E-state index in [-0.39, 0.29) is 0 Å². The predicted octanol–water partition coefficient (Wildman–Crippen LogP) is 3.29. The number of nitrogens with zero attached hydrogens (tertiary/aromatic N) is 1. The van der Waals surface area contributed by atoms with Crippen LogP contribution in [0.25, 0.3) is 0 Å². The molecule has 3 atom stereocenters. The van der Waals surface area contributed by atoms with Gasteiger partial charge in [-0.25, -0.2) is 0 Å². The summed E-state index contributed by atoms with van der Waals surface area (Å²) in [6, 6.07) is 12.1. The lowest BCUT2D eigenvalue weighted by atomic mass is 10.00. The summed E-state index contributed by atoms with van der Waals surface area (Å²) in [4.78, 5) is 2.57. The third-order valence-electron chi connectivity index (χ3n) is 4.52. The molecule has 0 spiro atoms. The smallest absolute Gasteiger partial charge is 0.0234 e. The van der Waals surface area contributed by atoms with Gasteiger partial charge in [0.25, 0.3) is 0 Å². The SMILES string of the molecule is CCC(C)C(C)NC1CCN(Cc2ccccc2)C1.